The molecule has 2 fully saturated rings. The van der Waals surface area contributed by atoms with Crippen LogP contribution in [0.3, 0.4) is 0 Å². The van der Waals surface area contributed by atoms with Crippen molar-refractivity contribution in [1.29, 1.82) is 0 Å². The SMILES string of the molecule is CCCC[N+](C)(C)Cc1cn(CCN(CC)c2ccc(C)cc2)nn1.CCN(CCOCC(=O)O)c1ccc(C2C([O-])C(C)C2[O-])cc1.O=C1NCc2ccc(cc2)CNC(=O)c2cccc(n2)C(=O)NCC2CCC(CC2)CNC(=O)c2cccc1n2. The topological polar surface area (TPSA) is 272 Å². The van der Waals surface area contributed by atoms with Crippen molar-refractivity contribution < 1.29 is 48.5 Å². The highest BCUT2D eigenvalue weighted by molar-refractivity contribution is 5.97. The lowest BCUT2D eigenvalue weighted by atomic mass is 9.67. The third-order valence-electron chi connectivity index (χ3n) is 16.6. The van der Waals surface area contributed by atoms with Crippen LogP contribution < -0.4 is 41.3 Å². The summed E-state index contributed by atoms with van der Waals surface area (Å²) >= 11 is 0. The fourth-order valence-electron chi connectivity index (χ4n) is 11.0. The summed E-state index contributed by atoms with van der Waals surface area (Å²) < 4.78 is 8.00. The van der Waals surface area contributed by atoms with Gasteiger partial charge in [-0.3, -0.25) is 23.9 Å². The number of carbonyl (C=O) groups excluding carboxylic acids is 4. The fraction of sp³-hybridized carbons (Fsp3) is 0.478. The van der Waals surface area contributed by atoms with Crippen LogP contribution in [0.2, 0.25) is 0 Å². The summed E-state index contributed by atoms with van der Waals surface area (Å²) in [5, 5.41) is 52.6. The first-order valence-corrected chi connectivity index (χ1v) is 31.0. The van der Waals surface area contributed by atoms with Crippen LogP contribution in [0.15, 0.2) is 115 Å². The van der Waals surface area contributed by atoms with Crippen LogP contribution in [0.4, 0.5) is 11.4 Å². The van der Waals surface area contributed by atoms with Gasteiger partial charge in [-0.05, 0) is 136 Å². The predicted molar refractivity (Wildman–Crippen MR) is 334 cm³/mol. The number of quaternary nitrogens is 1. The van der Waals surface area contributed by atoms with E-state index in [4.69, 9.17) is 9.84 Å². The van der Waals surface area contributed by atoms with Crippen molar-refractivity contribution in [3.05, 3.63) is 166 Å². The summed E-state index contributed by atoms with van der Waals surface area (Å²) in [6.07, 6.45) is 6.72. The number of hydrogen-bond donors (Lipinski definition) is 5. The van der Waals surface area contributed by atoms with Crippen molar-refractivity contribution in [2.45, 2.75) is 117 Å². The van der Waals surface area contributed by atoms with Crippen molar-refractivity contribution in [2.75, 3.05) is 82.9 Å². The molecule has 21 heteroatoms. The maximum absolute atomic E-state index is 12.7. The number of aliphatic carboxylic acids is 1. The molecule has 3 aromatic heterocycles. The molecule has 12 rings (SSSR count). The minimum Gasteiger partial charge on any atom is -0.851 e. The number of rotatable bonds is 18. The van der Waals surface area contributed by atoms with Gasteiger partial charge in [0, 0.05) is 63.7 Å². The number of anilines is 2. The molecule has 5 N–H and O–H groups in total. The van der Waals surface area contributed by atoms with Gasteiger partial charge in [0.05, 0.1) is 40.0 Å². The molecular weight excluding hydrogens is 1120 g/mol. The molecule has 0 saturated heterocycles. The summed E-state index contributed by atoms with van der Waals surface area (Å²) in [6.45, 7) is 18.2. The van der Waals surface area contributed by atoms with Crippen LogP contribution in [-0.2, 0) is 35.7 Å². The molecule has 21 nitrogen and oxygen atoms in total. The molecule has 4 aliphatic heterocycles. The maximum atomic E-state index is 12.7. The van der Waals surface area contributed by atoms with E-state index < -0.39 is 24.1 Å². The fourth-order valence-corrected chi connectivity index (χ4v) is 11.0. The zero-order valence-corrected chi connectivity index (χ0v) is 52.2. The molecule has 2 saturated carbocycles. The van der Waals surface area contributed by atoms with Gasteiger partial charge < -0.3 is 55.6 Å². The van der Waals surface area contributed by atoms with Crippen LogP contribution in [0.1, 0.15) is 142 Å². The number of ether oxygens (including phenoxy) is 1. The first-order chi connectivity index (χ1) is 42.3. The van der Waals surface area contributed by atoms with Gasteiger partial charge in [-0.1, -0.05) is 97.6 Å². The number of aromatic nitrogens is 5. The van der Waals surface area contributed by atoms with Crippen molar-refractivity contribution >= 4 is 41.0 Å². The molecule has 8 bridgehead atoms. The number of unbranched alkanes of at least 4 members (excludes halogenated alkanes) is 1. The Kier molecular flexibility index (Phi) is 25.5. The number of nitrogens with zero attached hydrogens (tertiary/aromatic N) is 8. The third kappa shape index (κ3) is 20.2. The van der Waals surface area contributed by atoms with E-state index >= 15 is 0 Å². The van der Waals surface area contributed by atoms with Crippen LogP contribution in [0.25, 0.3) is 0 Å². The second-order valence-electron chi connectivity index (χ2n) is 23.8. The molecule has 2 unspecified atom stereocenters. The smallest absolute Gasteiger partial charge is 0.329 e. The standard InChI is InChI=1S/C30H32N6O4.C20H34N5.C17H23NO5/c37-27-23-3-1-4-24(35-23)28(38)32-16-20-9-13-22(14-10-20)18-34-30(40)26-6-2-5-25(36-26)29(39)33-17-21-11-7-19(8-12-21)15-31-27;1-6-8-15-25(4,5)17-19-16-24(22-21-19)14-13-23(7-2)20-11-9-18(3)10-12-20;1-3-18(8-9-23-10-14(19)20)13-6-4-12(5-7-13)15-16(21)11(2)17(15)22/h1-8,11-12,20,22H,9-10,13-18H2,(H,31,37)(H,32,38)(H,33,39)(H,34,40);9-12,16H,6-8,13-15,17H2,1-5H3;4-7,11,15-17H,3,8-10H2,1-2H3,(H,19,20)/q;+1;-2. The number of carboxylic acid groups (broad SMARTS) is 1. The zero-order valence-electron chi connectivity index (χ0n) is 52.2. The summed E-state index contributed by atoms with van der Waals surface area (Å²) in [4.78, 5) is 74.3. The lowest BCUT2D eigenvalue weighted by molar-refractivity contribution is -0.904. The summed E-state index contributed by atoms with van der Waals surface area (Å²) in [7, 11) is 4.54. The first-order valence-electron chi connectivity index (χ1n) is 31.0. The summed E-state index contributed by atoms with van der Waals surface area (Å²) in [5.41, 5.74) is 7.92. The van der Waals surface area contributed by atoms with Crippen LogP contribution in [0, 0.1) is 24.7 Å². The Morgan fingerprint density at radius 3 is 1.60 bits per heavy atom. The number of hydrogen-bond acceptors (Lipinski definition) is 14. The second-order valence-corrected chi connectivity index (χ2v) is 23.8. The Bertz CT molecular complexity index is 3070. The monoisotopic (exact) mass is 1210 g/mol. The predicted octanol–water partition coefficient (Wildman–Crippen LogP) is 5.91. The van der Waals surface area contributed by atoms with E-state index in [-0.39, 0.29) is 72.0 Å². The van der Waals surface area contributed by atoms with E-state index in [1.165, 1.54) is 30.6 Å². The van der Waals surface area contributed by atoms with Gasteiger partial charge in [-0.25, -0.2) is 14.8 Å². The summed E-state index contributed by atoms with van der Waals surface area (Å²) in [5.74, 6) is -2.39. The van der Waals surface area contributed by atoms with E-state index in [1.807, 2.05) is 60.1 Å². The van der Waals surface area contributed by atoms with Gasteiger partial charge in [0.2, 0.25) is 0 Å². The number of aryl methyl sites for hydroxylation is 1. The molecular formula is C67H89N12O9-. The van der Waals surface area contributed by atoms with Gasteiger partial charge in [0.1, 0.15) is 41.6 Å². The normalized spacial score (nSPS) is 19.7. The molecule has 472 valence electrons. The molecule has 0 radical (unpaired) electrons. The van der Waals surface area contributed by atoms with E-state index in [9.17, 15) is 34.2 Å². The first kappa shape index (κ1) is 67.4. The van der Waals surface area contributed by atoms with Crippen LogP contribution in [-0.4, -0.2) is 149 Å². The van der Waals surface area contributed by atoms with Crippen molar-refractivity contribution in [2.24, 2.45) is 17.8 Å². The minimum absolute atomic E-state index is 0.175. The van der Waals surface area contributed by atoms with E-state index in [1.54, 1.807) is 43.3 Å². The largest absolute Gasteiger partial charge is 0.851 e. The van der Waals surface area contributed by atoms with Gasteiger partial charge in [-0.15, -0.1) is 17.3 Å². The number of carboxylic acids is 1. The molecule has 3 aromatic carbocycles. The number of carbonyl (C=O) groups is 5. The highest BCUT2D eigenvalue weighted by Crippen LogP contribution is 2.39. The second kappa shape index (κ2) is 33.3. The third-order valence-corrected chi connectivity index (χ3v) is 16.6. The molecule has 88 heavy (non-hydrogen) atoms. The van der Waals surface area contributed by atoms with Crippen molar-refractivity contribution in [3.8, 4) is 0 Å². The molecule has 4 amide bonds. The Hall–Kier alpha value is -8.11. The van der Waals surface area contributed by atoms with Crippen molar-refractivity contribution in [3.63, 3.8) is 0 Å². The highest BCUT2D eigenvalue weighted by Gasteiger charge is 2.34. The van der Waals surface area contributed by atoms with Gasteiger partial charge in [0.25, 0.3) is 23.6 Å². The average molecular weight is 1210 g/mol. The van der Waals surface area contributed by atoms with Crippen LogP contribution in [0.5, 0.6) is 0 Å². The molecule has 6 aliphatic rings. The Morgan fingerprint density at radius 2 is 1.14 bits per heavy atom. The number of amides is 4. The van der Waals surface area contributed by atoms with E-state index in [2.05, 4.69) is 117 Å². The van der Waals surface area contributed by atoms with E-state index in [0.717, 1.165) is 91.0 Å². The molecule has 6 aromatic rings. The maximum Gasteiger partial charge on any atom is 0.329 e. The quantitative estimate of drug-likeness (QED) is 0.0494. The molecule has 2 atom stereocenters. The minimum atomic E-state index is -0.980. The zero-order chi connectivity index (χ0) is 63.2. The van der Waals surface area contributed by atoms with Gasteiger partial charge in [0.15, 0.2) is 0 Å². The Balaban J connectivity index is 0.000000200. The molecule has 7 heterocycles. The van der Waals surface area contributed by atoms with E-state index in [0.29, 0.717) is 38.1 Å². The number of likely N-dealkylation sites (N-methyl/N-ethyl adjacent to an activating group) is 2. The lowest BCUT2D eigenvalue weighted by Gasteiger charge is -2.60. The number of nitrogens with one attached hydrogen (secondary N) is 4. The van der Waals surface area contributed by atoms with Gasteiger partial charge >= 0.3 is 5.97 Å². The number of benzene rings is 3. The lowest BCUT2D eigenvalue weighted by Crippen LogP contribution is -2.64. The van der Waals surface area contributed by atoms with Crippen molar-refractivity contribution in [1.82, 2.24) is 46.2 Å². The van der Waals surface area contributed by atoms with Crippen LogP contribution >= 0.6 is 0 Å². The number of pyridine rings is 2. The average Bonchev–Trinajstić information content (AvgIpc) is 1.15. The molecule has 2 aliphatic carbocycles. The highest BCUT2D eigenvalue weighted by atomic mass is 16.5. The Labute approximate surface area is 517 Å². The Morgan fingerprint density at radius 1 is 0.670 bits per heavy atom. The van der Waals surface area contributed by atoms with Gasteiger partial charge in [-0.2, -0.15) is 0 Å². The summed E-state index contributed by atoms with van der Waals surface area (Å²) in [6, 6.07) is 33.3. The molecule has 0 spiro atoms.